The van der Waals surface area contributed by atoms with Gasteiger partial charge in [0, 0.05) is 0 Å². The summed E-state index contributed by atoms with van der Waals surface area (Å²) < 4.78 is 32.6. The molecule has 0 spiro atoms. The van der Waals surface area contributed by atoms with Gasteiger partial charge in [0.15, 0.2) is 0 Å². The maximum Gasteiger partial charge on any atom is 0.217 e. The van der Waals surface area contributed by atoms with Gasteiger partial charge in [-0.2, -0.15) is 0 Å². The normalized spacial score (nSPS) is 10.0. The minimum atomic E-state index is -4.44. The van der Waals surface area contributed by atoms with E-state index in [1.165, 1.54) is 0 Å². The topological polar surface area (TPSA) is 94.1 Å². The third kappa shape index (κ3) is 15.7. The number of hydrogen-bond donors (Lipinski definition) is 1. The molecule has 0 aliphatic rings. The summed E-state index contributed by atoms with van der Waals surface area (Å²) in [5.74, 6) is 0. The van der Waals surface area contributed by atoms with Crippen LogP contribution in [-0.2, 0) is 14.6 Å². The molecule has 0 atom stereocenters. The van der Waals surface area contributed by atoms with Gasteiger partial charge in [0.25, 0.3) is 0 Å². The predicted octanol–water partition coefficient (Wildman–Crippen LogP) is -1.27. The highest BCUT2D eigenvalue weighted by Gasteiger charge is 1.88. The van der Waals surface area contributed by atoms with E-state index in [9.17, 15) is 13.0 Å². The molecule has 0 radical (unpaired) electrons. The maximum atomic E-state index is 9.61. The monoisotopic (exact) mass is 171 g/mol. The number of hydrogen-bond acceptors (Lipinski definition) is 4. The van der Waals surface area contributed by atoms with Gasteiger partial charge in [-0.1, -0.05) is 6.92 Å². The fourth-order valence-electron chi connectivity index (χ4n) is 0.185. The van der Waals surface area contributed by atoms with Gasteiger partial charge in [0.2, 0.25) is 10.4 Å². The summed E-state index contributed by atoms with van der Waals surface area (Å²) >= 11 is 0. The molecule has 0 fully saturated rings. The molecule has 5 nitrogen and oxygen atoms in total. The molecule has 64 valence electrons. The Labute approximate surface area is 61.1 Å². The van der Waals surface area contributed by atoms with E-state index in [4.69, 9.17) is 0 Å². The third-order valence-corrected chi connectivity index (χ3v) is 0.887. The molecule has 10 heavy (non-hydrogen) atoms. The van der Waals surface area contributed by atoms with Crippen LogP contribution in [0.15, 0.2) is 0 Å². The Morgan fingerprint density at radius 3 is 2.00 bits per heavy atom. The Balaban J connectivity index is 0. The van der Waals surface area contributed by atoms with E-state index in [-0.39, 0.29) is 6.61 Å². The van der Waals surface area contributed by atoms with Crippen LogP contribution in [0.25, 0.3) is 0 Å². The molecule has 0 rings (SSSR count). The van der Waals surface area contributed by atoms with Gasteiger partial charge in [-0.25, -0.2) is 8.42 Å². The van der Waals surface area contributed by atoms with Crippen molar-refractivity contribution in [3.05, 3.63) is 0 Å². The second-order valence-electron chi connectivity index (χ2n) is 1.23. The molecule has 0 heterocycles. The van der Waals surface area contributed by atoms with Gasteiger partial charge in [-0.3, -0.25) is 4.18 Å². The van der Waals surface area contributed by atoms with E-state index in [0.717, 1.165) is 0 Å². The predicted molar refractivity (Wildman–Crippen MR) is 34.8 cm³/mol. The molecule has 0 aliphatic carbocycles. The van der Waals surface area contributed by atoms with Crippen LogP contribution in [0.5, 0.6) is 0 Å². The Hall–Kier alpha value is -0.170. The van der Waals surface area contributed by atoms with Crippen molar-refractivity contribution in [3.63, 3.8) is 0 Å². The zero-order valence-corrected chi connectivity index (χ0v) is 6.98. The van der Waals surface area contributed by atoms with E-state index in [1.807, 2.05) is 0 Å². The van der Waals surface area contributed by atoms with Crippen LogP contribution in [0.1, 0.15) is 13.3 Å². The lowest BCUT2D eigenvalue weighted by Crippen LogP contribution is -2.40. The van der Waals surface area contributed by atoms with Crippen LogP contribution >= 0.6 is 0 Å². The standard InChI is InChI=1S/C3H8O4S.CH5N/c1-2-3-7-8(4,5)6;1-2/h2-3H2,1H3,(H,4,5,6);2H2,1H3. The molecule has 0 saturated carbocycles. The molecule has 0 bridgehead atoms. The highest BCUT2D eigenvalue weighted by atomic mass is 32.3. The Morgan fingerprint density at radius 1 is 1.50 bits per heavy atom. The lowest BCUT2D eigenvalue weighted by atomic mass is 10.5. The van der Waals surface area contributed by atoms with Crippen molar-refractivity contribution in [2.75, 3.05) is 13.7 Å². The van der Waals surface area contributed by atoms with Crippen LogP contribution < -0.4 is 5.73 Å². The smallest absolute Gasteiger partial charge is 0.217 e. The summed E-state index contributed by atoms with van der Waals surface area (Å²) in [6.45, 7) is 1.69. The average molecular weight is 171 g/mol. The van der Waals surface area contributed by atoms with Crippen molar-refractivity contribution >= 4 is 10.4 Å². The van der Waals surface area contributed by atoms with Crippen molar-refractivity contribution in [2.45, 2.75) is 13.3 Å². The first-order valence-corrected chi connectivity index (χ1v) is 4.20. The molecule has 0 unspecified atom stereocenters. The van der Waals surface area contributed by atoms with Crippen LogP contribution in [0.3, 0.4) is 0 Å². The summed E-state index contributed by atoms with van der Waals surface area (Å²) in [5.41, 5.74) is 3.25. The summed E-state index contributed by atoms with van der Waals surface area (Å²) in [5, 5.41) is 0. The van der Waals surface area contributed by atoms with Crippen molar-refractivity contribution in [2.24, 2.45) is 0 Å². The van der Waals surface area contributed by atoms with Gasteiger partial charge < -0.3 is 10.3 Å². The quantitative estimate of drug-likeness (QED) is 0.423. The molecule has 0 aromatic rings. The van der Waals surface area contributed by atoms with Gasteiger partial charge in [0.05, 0.1) is 13.7 Å². The van der Waals surface area contributed by atoms with E-state index >= 15 is 0 Å². The molecular formula is C4H13NO4S. The molecular weight excluding hydrogens is 158 g/mol. The third-order valence-electron chi connectivity index (χ3n) is 0.432. The zero-order valence-electron chi connectivity index (χ0n) is 6.16. The number of rotatable bonds is 3. The van der Waals surface area contributed by atoms with Crippen LogP contribution in [-0.4, -0.2) is 26.6 Å². The average Bonchev–Trinajstić information content (AvgIpc) is 1.87. The lowest BCUT2D eigenvalue weighted by Gasteiger charge is -2.04. The maximum absolute atomic E-state index is 9.61. The summed E-state index contributed by atoms with van der Waals surface area (Å²) in [6, 6.07) is 0. The fourth-order valence-corrected chi connectivity index (χ4v) is 0.556. The lowest BCUT2D eigenvalue weighted by molar-refractivity contribution is -0.325. The van der Waals surface area contributed by atoms with E-state index in [1.54, 1.807) is 14.0 Å². The summed E-state index contributed by atoms with van der Waals surface area (Å²) in [7, 11) is -2.69. The number of quaternary nitrogens is 1. The molecule has 0 aromatic carbocycles. The largest absolute Gasteiger partial charge is 0.726 e. The summed E-state index contributed by atoms with van der Waals surface area (Å²) in [4.78, 5) is 0. The van der Waals surface area contributed by atoms with E-state index in [2.05, 4.69) is 9.92 Å². The van der Waals surface area contributed by atoms with Crippen molar-refractivity contribution in [1.82, 2.24) is 0 Å². The van der Waals surface area contributed by atoms with Crippen molar-refractivity contribution in [3.8, 4) is 0 Å². The molecule has 0 amide bonds. The van der Waals surface area contributed by atoms with Crippen molar-refractivity contribution in [1.29, 1.82) is 0 Å². The van der Waals surface area contributed by atoms with Gasteiger partial charge in [0.1, 0.15) is 0 Å². The van der Waals surface area contributed by atoms with Crippen LogP contribution in [0.2, 0.25) is 0 Å². The van der Waals surface area contributed by atoms with Gasteiger partial charge in [-0.15, -0.1) is 0 Å². The highest BCUT2D eigenvalue weighted by molar-refractivity contribution is 7.80. The summed E-state index contributed by atoms with van der Waals surface area (Å²) in [6.07, 6.45) is 0.529. The van der Waals surface area contributed by atoms with E-state index < -0.39 is 10.4 Å². The first-order chi connectivity index (χ1) is 4.56. The van der Waals surface area contributed by atoms with Gasteiger partial charge >= 0.3 is 0 Å². The Kier molecular flexibility index (Phi) is 8.68. The highest BCUT2D eigenvalue weighted by Crippen LogP contribution is 1.86. The first-order valence-electron chi connectivity index (χ1n) is 2.87. The molecule has 6 heteroatoms. The van der Waals surface area contributed by atoms with Gasteiger partial charge in [-0.05, 0) is 6.42 Å². The SMILES string of the molecule is CCCOS(=O)(=O)[O-].C[NH3+]. The second kappa shape index (κ2) is 6.94. The van der Waals surface area contributed by atoms with Crippen LogP contribution in [0, 0.1) is 0 Å². The molecule has 0 aliphatic heterocycles. The fraction of sp³-hybridized carbons (Fsp3) is 1.00. The minimum absolute atomic E-state index is 0.0220. The first kappa shape index (κ1) is 12.5. The van der Waals surface area contributed by atoms with Crippen LogP contribution in [0.4, 0.5) is 0 Å². The van der Waals surface area contributed by atoms with E-state index in [0.29, 0.717) is 6.42 Å². The molecule has 3 N–H and O–H groups in total. The Morgan fingerprint density at radius 2 is 1.90 bits per heavy atom. The minimum Gasteiger partial charge on any atom is -0.726 e. The molecule has 0 aromatic heterocycles. The second-order valence-corrected chi connectivity index (χ2v) is 2.28. The zero-order chi connectivity index (χ0) is 8.62. The molecule has 0 saturated heterocycles. The van der Waals surface area contributed by atoms with Crippen molar-refractivity contribution < 1.29 is 22.9 Å². The Bertz CT molecular complexity index is 141.